The van der Waals surface area contributed by atoms with Crippen LogP contribution < -0.4 is 10.1 Å². The van der Waals surface area contributed by atoms with Gasteiger partial charge in [-0.15, -0.1) is 0 Å². The summed E-state index contributed by atoms with van der Waals surface area (Å²) in [6, 6.07) is 8.34. The van der Waals surface area contributed by atoms with Gasteiger partial charge in [-0.1, -0.05) is 30.4 Å². The smallest absolute Gasteiger partial charge is 0.326 e. The van der Waals surface area contributed by atoms with Crippen molar-refractivity contribution in [3.63, 3.8) is 0 Å². The second-order valence-electron chi connectivity index (χ2n) is 6.79. The third-order valence-electron chi connectivity index (χ3n) is 4.69. The van der Waals surface area contributed by atoms with E-state index < -0.39 is 12.0 Å². The van der Waals surface area contributed by atoms with Crippen LogP contribution in [0, 0.1) is 5.92 Å². The topological polar surface area (TPSA) is 95.9 Å². The fourth-order valence-corrected chi connectivity index (χ4v) is 3.13. The number of likely N-dealkylation sites (tertiary alicyclic amines) is 1. The van der Waals surface area contributed by atoms with Gasteiger partial charge in [-0.25, -0.2) is 4.79 Å². The summed E-state index contributed by atoms with van der Waals surface area (Å²) in [6.45, 7) is 2.99. The Hall–Kier alpha value is -2.83. The zero-order valence-corrected chi connectivity index (χ0v) is 16.2. The number of hydrogen-bond acceptors (Lipinski definition) is 4. The number of allylic oxidation sites excluding steroid dienone is 1. The molecule has 0 spiro atoms. The van der Waals surface area contributed by atoms with Crippen LogP contribution >= 0.6 is 0 Å². The third-order valence-corrected chi connectivity index (χ3v) is 4.69. The number of hydrogen-bond donors (Lipinski definition) is 2. The van der Waals surface area contributed by atoms with Crippen molar-refractivity contribution >= 4 is 17.8 Å². The fourth-order valence-electron chi connectivity index (χ4n) is 3.13. The first-order chi connectivity index (χ1) is 13.5. The van der Waals surface area contributed by atoms with E-state index in [0.29, 0.717) is 25.3 Å². The Morgan fingerprint density at radius 2 is 2.07 bits per heavy atom. The summed E-state index contributed by atoms with van der Waals surface area (Å²) < 4.78 is 5.56. The number of nitrogens with zero attached hydrogens (tertiary/aromatic N) is 1. The van der Waals surface area contributed by atoms with Gasteiger partial charge in [0.05, 0.1) is 18.9 Å². The zero-order valence-electron chi connectivity index (χ0n) is 16.2. The molecule has 7 heteroatoms. The van der Waals surface area contributed by atoms with Crippen molar-refractivity contribution < 1.29 is 24.2 Å². The molecule has 1 saturated heterocycles. The lowest BCUT2D eigenvalue weighted by molar-refractivity contribution is -0.143. The quantitative estimate of drug-likeness (QED) is 0.633. The number of nitrogens with one attached hydrogen (secondary N) is 1. The maximum Gasteiger partial charge on any atom is 0.326 e. The largest absolute Gasteiger partial charge is 0.493 e. The molecule has 0 radical (unpaired) electrons. The van der Waals surface area contributed by atoms with E-state index >= 15 is 0 Å². The van der Waals surface area contributed by atoms with Crippen LogP contribution in [0.2, 0.25) is 0 Å². The number of rotatable bonds is 9. The van der Waals surface area contributed by atoms with Crippen LogP contribution in [0.5, 0.6) is 5.75 Å². The molecule has 1 fully saturated rings. The van der Waals surface area contributed by atoms with Gasteiger partial charge in [0.25, 0.3) is 0 Å². The first-order valence-corrected chi connectivity index (χ1v) is 9.61. The molecule has 0 aromatic heterocycles. The van der Waals surface area contributed by atoms with Gasteiger partial charge in [0, 0.05) is 13.1 Å². The molecule has 1 aliphatic rings. The lowest BCUT2D eigenvalue weighted by atomic mass is 9.96. The van der Waals surface area contributed by atoms with Crippen molar-refractivity contribution in [1.29, 1.82) is 0 Å². The molecule has 1 aliphatic heterocycles. The van der Waals surface area contributed by atoms with Crippen LogP contribution in [0.15, 0.2) is 42.5 Å². The van der Waals surface area contributed by atoms with E-state index in [1.807, 2.05) is 30.3 Å². The fraction of sp³-hybridized carbons (Fsp3) is 0.476. The summed E-state index contributed by atoms with van der Waals surface area (Å²) in [7, 11) is 0. The van der Waals surface area contributed by atoms with Crippen molar-refractivity contribution in [1.82, 2.24) is 10.2 Å². The maximum absolute atomic E-state index is 12.5. The number of amides is 2. The molecule has 0 saturated carbocycles. The van der Waals surface area contributed by atoms with E-state index in [2.05, 4.69) is 5.32 Å². The maximum atomic E-state index is 12.5. The van der Waals surface area contributed by atoms with E-state index in [1.165, 1.54) is 0 Å². The molecule has 0 bridgehead atoms. The number of carboxylic acids is 1. The summed E-state index contributed by atoms with van der Waals surface area (Å²) >= 11 is 0. The number of piperidine rings is 1. The van der Waals surface area contributed by atoms with Crippen molar-refractivity contribution in [3.05, 3.63) is 42.5 Å². The van der Waals surface area contributed by atoms with Crippen LogP contribution in [-0.4, -0.2) is 53.5 Å². The van der Waals surface area contributed by atoms with Crippen molar-refractivity contribution in [2.24, 2.45) is 5.92 Å². The second-order valence-corrected chi connectivity index (χ2v) is 6.79. The molecule has 0 aliphatic carbocycles. The van der Waals surface area contributed by atoms with Gasteiger partial charge in [0.2, 0.25) is 11.8 Å². The number of carbonyl (C=O) groups excluding carboxylic acids is 2. The van der Waals surface area contributed by atoms with Gasteiger partial charge in [0.15, 0.2) is 0 Å². The molecule has 2 atom stereocenters. The Labute approximate surface area is 165 Å². The normalized spacial score (nSPS) is 17.9. The SMILES string of the molecule is C/C=C/CC(NC(=O)C1CCCN(C(=O)CCOc2ccccc2)C1)C(=O)O. The van der Waals surface area contributed by atoms with Crippen LogP contribution in [0.3, 0.4) is 0 Å². The highest BCUT2D eigenvalue weighted by atomic mass is 16.5. The number of aliphatic carboxylic acids is 1. The molecular formula is C21H28N2O5. The number of para-hydroxylation sites is 1. The minimum absolute atomic E-state index is 0.0582. The first-order valence-electron chi connectivity index (χ1n) is 9.61. The van der Waals surface area contributed by atoms with Gasteiger partial charge in [0.1, 0.15) is 11.8 Å². The summed E-state index contributed by atoms with van der Waals surface area (Å²) in [4.78, 5) is 37.9. The first kappa shape index (κ1) is 21.5. The highest BCUT2D eigenvalue weighted by molar-refractivity contribution is 5.86. The molecule has 1 aromatic rings. The molecule has 2 amide bonds. The van der Waals surface area contributed by atoms with E-state index in [1.54, 1.807) is 24.0 Å². The Balaban J connectivity index is 1.82. The number of carbonyl (C=O) groups is 3. The number of benzene rings is 1. The Kier molecular flexibility index (Phi) is 8.52. The average Bonchev–Trinajstić information content (AvgIpc) is 2.71. The van der Waals surface area contributed by atoms with Gasteiger partial charge < -0.3 is 20.1 Å². The van der Waals surface area contributed by atoms with Crippen molar-refractivity contribution in [2.75, 3.05) is 19.7 Å². The number of ether oxygens (including phenoxy) is 1. The van der Waals surface area contributed by atoms with E-state index in [0.717, 1.165) is 6.42 Å². The number of carboxylic acid groups (broad SMARTS) is 1. The summed E-state index contributed by atoms with van der Waals surface area (Å²) in [5.41, 5.74) is 0. The molecule has 1 heterocycles. The van der Waals surface area contributed by atoms with Gasteiger partial charge in [-0.2, -0.15) is 0 Å². The summed E-state index contributed by atoms with van der Waals surface area (Å²) in [6.07, 6.45) is 5.30. The standard InChI is InChI=1S/C21H28N2O5/c1-2-3-11-18(21(26)27)22-20(25)16-8-7-13-23(15-16)19(24)12-14-28-17-9-5-4-6-10-17/h2-6,9-10,16,18H,7-8,11-15H2,1H3,(H,22,25)(H,26,27)/b3-2+. The lowest BCUT2D eigenvalue weighted by Gasteiger charge is -2.32. The molecule has 152 valence electrons. The molecule has 1 aromatic carbocycles. The van der Waals surface area contributed by atoms with Gasteiger partial charge in [-0.05, 0) is 38.3 Å². The Bertz CT molecular complexity index is 689. The van der Waals surface area contributed by atoms with E-state index in [9.17, 15) is 19.5 Å². The highest BCUT2D eigenvalue weighted by Crippen LogP contribution is 2.18. The van der Waals surface area contributed by atoms with Gasteiger partial charge >= 0.3 is 5.97 Å². The van der Waals surface area contributed by atoms with Crippen LogP contribution in [0.1, 0.15) is 32.6 Å². The van der Waals surface area contributed by atoms with Crippen LogP contribution in [-0.2, 0) is 14.4 Å². The zero-order chi connectivity index (χ0) is 20.4. The summed E-state index contributed by atoms with van der Waals surface area (Å²) in [5.74, 6) is -1.10. The molecule has 7 nitrogen and oxygen atoms in total. The molecule has 2 N–H and O–H groups in total. The predicted octanol–water partition coefficient (Wildman–Crippen LogP) is 2.23. The van der Waals surface area contributed by atoms with Crippen LogP contribution in [0.4, 0.5) is 0 Å². The second kappa shape index (κ2) is 11.1. The van der Waals surface area contributed by atoms with Crippen LogP contribution in [0.25, 0.3) is 0 Å². The predicted molar refractivity (Wildman–Crippen MR) is 105 cm³/mol. The van der Waals surface area contributed by atoms with E-state index in [-0.39, 0.29) is 37.2 Å². The molecule has 2 rings (SSSR count). The third kappa shape index (κ3) is 6.72. The molecule has 28 heavy (non-hydrogen) atoms. The molecular weight excluding hydrogens is 360 g/mol. The Morgan fingerprint density at radius 1 is 1.32 bits per heavy atom. The lowest BCUT2D eigenvalue weighted by Crippen LogP contribution is -2.49. The minimum atomic E-state index is -1.06. The van der Waals surface area contributed by atoms with Gasteiger partial charge in [-0.3, -0.25) is 9.59 Å². The molecule has 2 unspecified atom stereocenters. The Morgan fingerprint density at radius 3 is 2.75 bits per heavy atom. The average molecular weight is 388 g/mol. The van der Waals surface area contributed by atoms with Crippen molar-refractivity contribution in [2.45, 2.75) is 38.6 Å². The summed E-state index contributed by atoms with van der Waals surface area (Å²) in [5, 5.41) is 11.8. The van der Waals surface area contributed by atoms with E-state index in [4.69, 9.17) is 4.74 Å². The van der Waals surface area contributed by atoms with Crippen molar-refractivity contribution in [3.8, 4) is 5.75 Å². The monoisotopic (exact) mass is 388 g/mol. The minimum Gasteiger partial charge on any atom is -0.493 e. The highest BCUT2D eigenvalue weighted by Gasteiger charge is 2.30.